The van der Waals surface area contributed by atoms with Gasteiger partial charge in [0.05, 0.1) is 6.04 Å². The zero-order chi connectivity index (χ0) is 18.4. The van der Waals surface area contributed by atoms with Crippen LogP contribution in [0.4, 0.5) is 0 Å². The van der Waals surface area contributed by atoms with Gasteiger partial charge in [-0.3, -0.25) is 4.79 Å². The zero-order valence-electron chi connectivity index (χ0n) is 14.9. The standard InChI is InChI=1S/C21H24N2O3/c1-15(21(25)26-14-16-8-4-2-5-9-16)23-20(24)19-12-18(13-22-19)17-10-6-3-7-11-17/h2-11,15,18-19,22H,12-14H2,1H3,(H,23,24)/t15-,18-,19+/m0/s1. The summed E-state index contributed by atoms with van der Waals surface area (Å²) in [6.07, 6.45) is 0.724. The van der Waals surface area contributed by atoms with E-state index in [2.05, 4.69) is 22.8 Å². The van der Waals surface area contributed by atoms with Crippen molar-refractivity contribution >= 4 is 11.9 Å². The van der Waals surface area contributed by atoms with Gasteiger partial charge in [-0.05, 0) is 30.4 Å². The molecule has 1 heterocycles. The van der Waals surface area contributed by atoms with Gasteiger partial charge in [0.1, 0.15) is 12.6 Å². The van der Waals surface area contributed by atoms with Crippen molar-refractivity contribution in [2.24, 2.45) is 0 Å². The lowest BCUT2D eigenvalue weighted by atomic mass is 9.96. The molecule has 0 bridgehead atoms. The molecule has 1 fully saturated rings. The summed E-state index contributed by atoms with van der Waals surface area (Å²) < 4.78 is 5.27. The predicted octanol–water partition coefficient (Wildman–Crippen LogP) is 2.38. The minimum absolute atomic E-state index is 0.160. The molecule has 5 heteroatoms. The Labute approximate surface area is 153 Å². The molecule has 1 saturated heterocycles. The van der Waals surface area contributed by atoms with E-state index in [0.717, 1.165) is 18.5 Å². The number of nitrogens with one attached hydrogen (secondary N) is 2. The number of amides is 1. The van der Waals surface area contributed by atoms with Crippen LogP contribution in [0.3, 0.4) is 0 Å². The minimum atomic E-state index is -0.677. The van der Waals surface area contributed by atoms with Gasteiger partial charge in [-0.1, -0.05) is 60.7 Å². The van der Waals surface area contributed by atoms with E-state index in [1.807, 2.05) is 48.5 Å². The van der Waals surface area contributed by atoms with Crippen LogP contribution in [0.15, 0.2) is 60.7 Å². The molecule has 1 aliphatic heterocycles. The molecule has 1 aliphatic rings. The van der Waals surface area contributed by atoms with Gasteiger partial charge >= 0.3 is 5.97 Å². The molecule has 0 aliphatic carbocycles. The minimum Gasteiger partial charge on any atom is -0.459 e. The first-order valence-electron chi connectivity index (χ1n) is 8.92. The number of benzene rings is 2. The van der Waals surface area contributed by atoms with E-state index in [4.69, 9.17) is 4.74 Å². The Morgan fingerprint density at radius 1 is 1.12 bits per heavy atom. The summed E-state index contributed by atoms with van der Waals surface area (Å²) in [5, 5.41) is 6.00. The highest BCUT2D eigenvalue weighted by molar-refractivity contribution is 5.87. The Morgan fingerprint density at radius 3 is 2.46 bits per heavy atom. The second-order valence-electron chi connectivity index (χ2n) is 6.63. The van der Waals surface area contributed by atoms with Crippen LogP contribution in [0.1, 0.15) is 30.4 Å². The van der Waals surface area contributed by atoms with Crippen molar-refractivity contribution in [3.05, 3.63) is 71.8 Å². The highest BCUT2D eigenvalue weighted by atomic mass is 16.5. The molecule has 3 atom stereocenters. The summed E-state index contributed by atoms with van der Waals surface area (Å²) in [6, 6.07) is 18.7. The smallest absolute Gasteiger partial charge is 0.328 e. The molecule has 0 radical (unpaired) electrons. The number of esters is 1. The summed E-state index contributed by atoms with van der Waals surface area (Å²) in [4.78, 5) is 24.5. The van der Waals surface area contributed by atoms with Crippen molar-refractivity contribution in [1.29, 1.82) is 0 Å². The molecular formula is C21H24N2O3. The van der Waals surface area contributed by atoms with Crippen molar-refractivity contribution in [2.45, 2.75) is 38.0 Å². The lowest BCUT2D eigenvalue weighted by molar-refractivity contribution is -0.148. The van der Waals surface area contributed by atoms with Gasteiger partial charge in [-0.25, -0.2) is 4.79 Å². The SMILES string of the molecule is C[C@H](NC(=O)[C@H]1C[C@H](c2ccccc2)CN1)C(=O)OCc1ccccc1. The Morgan fingerprint density at radius 2 is 1.77 bits per heavy atom. The van der Waals surface area contributed by atoms with Crippen LogP contribution in [-0.4, -0.2) is 30.5 Å². The molecule has 2 aromatic carbocycles. The molecule has 0 spiro atoms. The molecule has 3 rings (SSSR count). The highest BCUT2D eigenvalue weighted by Gasteiger charge is 2.31. The second kappa shape index (κ2) is 8.63. The quantitative estimate of drug-likeness (QED) is 0.784. The lowest BCUT2D eigenvalue weighted by Crippen LogP contribution is -2.47. The van der Waals surface area contributed by atoms with Gasteiger partial charge in [0, 0.05) is 6.54 Å². The van der Waals surface area contributed by atoms with Gasteiger partial charge in [0.15, 0.2) is 0 Å². The van der Waals surface area contributed by atoms with E-state index >= 15 is 0 Å². The third-order valence-corrected chi connectivity index (χ3v) is 4.65. The Kier molecular flexibility index (Phi) is 6.02. The van der Waals surface area contributed by atoms with Crippen LogP contribution in [-0.2, 0) is 20.9 Å². The van der Waals surface area contributed by atoms with Gasteiger partial charge in [0.2, 0.25) is 5.91 Å². The van der Waals surface area contributed by atoms with Crippen LogP contribution >= 0.6 is 0 Å². The predicted molar refractivity (Wildman–Crippen MR) is 99.4 cm³/mol. The molecule has 5 nitrogen and oxygen atoms in total. The van der Waals surface area contributed by atoms with Crippen molar-refractivity contribution in [2.75, 3.05) is 6.54 Å². The zero-order valence-corrected chi connectivity index (χ0v) is 14.9. The second-order valence-corrected chi connectivity index (χ2v) is 6.63. The molecular weight excluding hydrogens is 328 g/mol. The Hall–Kier alpha value is -2.66. The maximum Gasteiger partial charge on any atom is 0.328 e. The van der Waals surface area contributed by atoms with Crippen molar-refractivity contribution in [1.82, 2.24) is 10.6 Å². The van der Waals surface area contributed by atoms with Gasteiger partial charge < -0.3 is 15.4 Å². The van der Waals surface area contributed by atoms with Crippen molar-refractivity contribution in [3.63, 3.8) is 0 Å². The van der Waals surface area contributed by atoms with Crippen LogP contribution in [0, 0.1) is 0 Å². The van der Waals surface area contributed by atoms with E-state index in [0.29, 0.717) is 5.92 Å². The largest absolute Gasteiger partial charge is 0.459 e. The van der Waals surface area contributed by atoms with E-state index < -0.39 is 12.0 Å². The fourth-order valence-corrected chi connectivity index (χ4v) is 3.14. The number of rotatable bonds is 6. The average Bonchev–Trinajstić information content (AvgIpc) is 3.18. The van der Waals surface area contributed by atoms with Crippen molar-refractivity contribution < 1.29 is 14.3 Å². The lowest BCUT2D eigenvalue weighted by Gasteiger charge is -2.16. The molecule has 26 heavy (non-hydrogen) atoms. The molecule has 136 valence electrons. The van der Waals surface area contributed by atoms with Gasteiger partial charge in [-0.2, -0.15) is 0 Å². The van der Waals surface area contributed by atoms with Crippen LogP contribution in [0.25, 0.3) is 0 Å². The number of ether oxygens (including phenoxy) is 1. The van der Waals surface area contributed by atoms with E-state index in [1.54, 1.807) is 6.92 Å². The maximum absolute atomic E-state index is 12.4. The monoisotopic (exact) mass is 352 g/mol. The summed E-state index contributed by atoms with van der Waals surface area (Å²) in [5.74, 6) is -0.278. The number of hydrogen-bond acceptors (Lipinski definition) is 4. The number of carbonyl (C=O) groups excluding carboxylic acids is 2. The Balaban J connectivity index is 1.46. The fraction of sp³-hybridized carbons (Fsp3) is 0.333. The van der Waals surface area contributed by atoms with Crippen LogP contribution < -0.4 is 10.6 Å². The number of carbonyl (C=O) groups is 2. The third-order valence-electron chi connectivity index (χ3n) is 4.65. The highest BCUT2D eigenvalue weighted by Crippen LogP contribution is 2.25. The van der Waals surface area contributed by atoms with Crippen LogP contribution in [0.2, 0.25) is 0 Å². The van der Waals surface area contributed by atoms with E-state index in [9.17, 15) is 9.59 Å². The first-order chi connectivity index (χ1) is 12.6. The van der Waals surface area contributed by atoms with E-state index in [1.165, 1.54) is 5.56 Å². The molecule has 0 aromatic heterocycles. The van der Waals surface area contributed by atoms with Gasteiger partial charge in [-0.15, -0.1) is 0 Å². The topological polar surface area (TPSA) is 67.4 Å². The summed E-state index contributed by atoms with van der Waals surface area (Å²) in [7, 11) is 0. The van der Waals surface area contributed by atoms with Crippen LogP contribution in [0.5, 0.6) is 0 Å². The molecule has 1 amide bonds. The maximum atomic E-state index is 12.4. The molecule has 2 aromatic rings. The third kappa shape index (κ3) is 4.70. The molecule has 2 N–H and O–H groups in total. The van der Waals surface area contributed by atoms with E-state index in [-0.39, 0.29) is 18.6 Å². The molecule has 0 unspecified atom stereocenters. The van der Waals surface area contributed by atoms with Crippen molar-refractivity contribution in [3.8, 4) is 0 Å². The summed E-state index contributed by atoms with van der Waals surface area (Å²) >= 11 is 0. The first kappa shape index (κ1) is 18.1. The summed E-state index contributed by atoms with van der Waals surface area (Å²) in [6.45, 7) is 2.61. The van der Waals surface area contributed by atoms with Gasteiger partial charge in [0.25, 0.3) is 0 Å². The average molecular weight is 352 g/mol. The normalized spacial score (nSPS) is 20.3. The fourth-order valence-electron chi connectivity index (χ4n) is 3.14. The first-order valence-corrected chi connectivity index (χ1v) is 8.92. The Bertz CT molecular complexity index is 733. The number of hydrogen-bond donors (Lipinski definition) is 2. The summed E-state index contributed by atoms with van der Waals surface area (Å²) in [5.41, 5.74) is 2.15. The molecule has 0 saturated carbocycles.